The Morgan fingerprint density at radius 3 is 2.66 bits per heavy atom. The summed E-state index contributed by atoms with van der Waals surface area (Å²) >= 11 is 0. The minimum absolute atomic E-state index is 0.0994. The number of nitriles is 1. The van der Waals surface area contributed by atoms with Crippen molar-refractivity contribution in [3.63, 3.8) is 0 Å². The number of hydrogen-bond donors (Lipinski definition) is 2. The molecule has 1 aromatic carbocycles. The van der Waals surface area contributed by atoms with E-state index in [0.29, 0.717) is 41.3 Å². The van der Waals surface area contributed by atoms with Gasteiger partial charge in [0.05, 0.1) is 29.2 Å². The largest absolute Gasteiger partial charge is 0.366 e. The highest BCUT2D eigenvalue weighted by atomic mass is 16.2. The summed E-state index contributed by atoms with van der Waals surface area (Å²) in [6, 6.07) is 7.03. The number of fused-ring (bicyclic) bond motifs is 1. The van der Waals surface area contributed by atoms with Gasteiger partial charge in [-0.05, 0) is 44.0 Å². The van der Waals surface area contributed by atoms with Crippen molar-refractivity contribution < 1.29 is 9.59 Å². The number of imidazole rings is 1. The molecule has 0 radical (unpaired) electrons. The quantitative estimate of drug-likeness (QED) is 0.636. The van der Waals surface area contributed by atoms with E-state index in [1.807, 2.05) is 25.3 Å². The molecule has 150 valence electrons. The van der Waals surface area contributed by atoms with Gasteiger partial charge in [-0.15, -0.1) is 0 Å². The first-order chi connectivity index (χ1) is 13.9. The zero-order valence-corrected chi connectivity index (χ0v) is 16.7. The summed E-state index contributed by atoms with van der Waals surface area (Å²) in [6.45, 7) is 6.90. The first kappa shape index (κ1) is 20.1. The van der Waals surface area contributed by atoms with Gasteiger partial charge >= 0.3 is 0 Å². The van der Waals surface area contributed by atoms with E-state index in [2.05, 4.69) is 21.5 Å². The van der Waals surface area contributed by atoms with Crippen molar-refractivity contribution in [2.75, 3.05) is 5.32 Å². The predicted molar refractivity (Wildman–Crippen MR) is 108 cm³/mol. The number of aromatic nitrogens is 4. The Labute approximate surface area is 168 Å². The third-order valence-corrected chi connectivity index (χ3v) is 4.58. The second kappa shape index (κ2) is 8.14. The third kappa shape index (κ3) is 3.82. The zero-order chi connectivity index (χ0) is 21.1. The lowest BCUT2D eigenvalue weighted by atomic mass is 10.1. The van der Waals surface area contributed by atoms with Crippen LogP contribution in [0.3, 0.4) is 0 Å². The van der Waals surface area contributed by atoms with E-state index in [1.165, 1.54) is 0 Å². The standard InChI is InChI=1S/C20H23N7O2/c1-4-8-26-17-13(6-7-21)10-14(18(22)28)11-15(17)23-20(26)24-19(29)16-9-12(3)25-27(16)5-2/h9-11H,4-6,8H2,1-3H3,(H2,22,28)(H,23,24,29). The molecule has 3 N–H and O–H groups in total. The Morgan fingerprint density at radius 2 is 2.03 bits per heavy atom. The van der Waals surface area contributed by atoms with Gasteiger partial charge in [0.25, 0.3) is 5.91 Å². The lowest BCUT2D eigenvalue weighted by Crippen LogP contribution is -2.20. The number of benzene rings is 1. The third-order valence-electron chi connectivity index (χ3n) is 4.58. The van der Waals surface area contributed by atoms with Crippen LogP contribution in [0.15, 0.2) is 18.2 Å². The van der Waals surface area contributed by atoms with Crippen LogP contribution in [-0.2, 0) is 19.5 Å². The van der Waals surface area contributed by atoms with E-state index in [9.17, 15) is 14.9 Å². The molecule has 0 aliphatic heterocycles. The first-order valence-corrected chi connectivity index (χ1v) is 9.45. The summed E-state index contributed by atoms with van der Waals surface area (Å²) in [7, 11) is 0. The van der Waals surface area contributed by atoms with Crippen LogP contribution >= 0.6 is 0 Å². The number of nitrogens with one attached hydrogen (secondary N) is 1. The second-order valence-electron chi connectivity index (χ2n) is 6.73. The van der Waals surface area contributed by atoms with Crippen LogP contribution < -0.4 is 11.1 Å². The van der Waals surface area contributed by atoms with Crippen molar-refractivity contribution in [2.24, 2.45) is 5.73 Å². The van der Waals surface area contributed by atoms with Crippen molar-refractivity contribution in [2.45, 2.75) is 46.7 Å². The van der Waals surface area contributed by atoms with Crippen molar-refractivity contribution >= 4 is 28.8 Å². The highest BCUT2D eigenvalue weighted by molar-refractivity contribution is 6.04. The van der Waals surface area contributed by atoms with E-state index in [0.717, 1.165) is 12.1 Å². The molecule has 9 heteroatoms. The van der Waals surface area contributed by atoms with Gasteiger partial charge in [0.2, 0.25) is 11.9 Å². The molecule has 3 aromatic rings. The van der Waals surface area contributed by atoms with Gasteiger partial charge in [0.1, 0.15) is 5.69 Å². The molecule has 29 heavy (non-hydrogen) atoms. The Kier molecular flexibility index (Phi) is 5.64. The number of amides is 2. The van der Waals surface area contributed by atoms with Crippen molar-refractivity contribution in [1.82, 2.24) is 19.3 Å². The minimum atomic E-state index is -0.593. The van der Waals surface area contributed by atoms with Crippen molar-refractivity contribution in [3.05, 3.63) is 40.7 Å². The topological polar surface area (TPSA) is 132 Å². The average Bonchev–Trinajstić information content (AvgIpc) is 3.22. The van der Waals surface area contributed by atoms with Crippen LogP contribution in [0.4, 0.5) is 5.95 Å². The Hall–Kier alpha value is -3.67. The SMILES string of the molecule is CCCn1c(NC(=O)c2cc(C)nn2CC)nc2cc(C(N)=O)cc(CC#N)c21. The fraction of sp³-hybridized carbons (Fsp3) is 0.350. The molecule has 0 saturated carbocycles. The van der Waals surface area contributed by atoms with Crippen LogP contribution in [0.2, 0.25) is 0 Å². The summed E-state index contributed by atoms with van der Waals surface area (Å²) in [4.78, 5) is 29.1. The summed E-state index contributed by atoms with van der Waals surface area (Å²) in [5.41, 5.74) is 8.77. The molecule has 0 fully saturated rings. The fourth-order valence-electron chi connectivity index (χ4n) is 3.39. The van der Waals surface area contributed by atoms with E-state index < -0.39 is 5.91 Å². The molecule has 3 rings (SSSR count). The molecule has 0 unspecified atom stereocenters. The van der Waals surface area contributed by atoms with E-state index in [1.54, 1.807) is 22.9 Å². The summed E-state index contributed by atoms with van der Waals surface area (Å²) in [6.07, 6.45) is 0.895. The molecule has 0 atom stereocenters. The van der Waals surface area contributed by atoms with Crippen LogP contribution in [0.5, 0.6) is 0 Å². The molecule has 0 bridgehead atoms. The predicted octanol–water partition coefficient (Wildman–Crippen LogP) is 2.39. The first-order valence-electron chi connectivity index (χ1n) is 9.45. The normalized spacial score (nSPS) is 10.8. The van der Waals surface area contributed by atoms with Gasteiger partial charge in [0.15, 0.2) is 0 Å². The van der Waals surface area contributed by atoms with Gasteiger partial charge < -0.3 is 10.3 Å². The molecular weight excluding hydrogens is 370 g/mol. The minimum Gasteiger partial charge on any atom is -0.366 e. The number of carbonyl (C=O) groups is 2. The molecule has 0 aliphatic rings. The van der Waals surface area contributed by atoms with E-state index in [-0.39, 0.29) is 17.9 Å². The van der Waals surface area contributed by atoms with Gasteiger partial charge in [-0.1, -0.05) is 6.92 Å². The Bertz CT molecular complexity index is 1130. The number of anilines is 1. The second-order valence-corrected chi connectivity index (χ2v) is 6.73. The summed E-state index contributed by atoms with van der Waals surface area (Å²) in [5, 5.41) is 16.4. The molecule has 2 amide bonds. The van der Waals surface area contributed by atoms with Gasteiger partial charge in [-0.2, -0.15) is 10.4 Å². The van der Waals surface area contributed by atoms with Gasteiger partial charge in [0, 0.05) is 18.7 Å². The molecule has 0 spiro atoms. The smallest absolute Gasteiger partial charge is 0.276 e. The van der Waals surface area contributed by atoms with Gasteiger partial charge in [-0.3, -0.25) is 19.6 Å². The molecular formula is C20H23N7O2. The highest BCUT2D eigenvalue weighted by Crippen LogP contribution is 2.26. The summed E-state index contributed by atoms with van der Waals surface area (Å²) < 4.78 is 3.49. The van der Waals surface area contributed by atoms with E-state index >= 15 is 0 Å². The lowest BCUT2D eigenvalue weighted by molar-refractivity contribution is 0.0996. The lowest BCUT2D eigenvalue weighted by Gasteiger charge is -2.11. The molecule has 2 aromatic heterocycles. The van der Waals surface area contributed by atoms with Crippen LogP contribution in [0.25, 0.3) is 11.0 Å². The maximum atomic E-state index is 12.9. The van der Waals surface area contributed by atoms with Crippen LogP contribution in [0.1, 0.15) is 52.4 Å². The Balaban J connectivity index is 2.13. The van der Waals surface area contributed by atoms with Crippen molar-refractivity contribution in [3.8, 4) is 6.07 Å². The molecule has 0 aliphatic carbocycles. The number of nitrogens with zero attached hydrogens (tertiary/aromatic N) is 5. The summed E-state index contributed by atoms with van der Waals surface area (Å²) in [5.74, 6) is -0.560. The van der Waals surface area contributed by atoms with Crippen LogP contribution in [-0.4, -0.2) is 31.1 Å². The van der Waals surface area contributed by atoms with Crippen molar-refractivity contribution in [1.29, 1.82) is 5.26 Å². The zero-order valence-electron chi connectivity index (χ0n) is 16.7. The maximum Gasteiger partial charge on any atom is 0.276 e. The highest BCUT2D eigenvalue weighted by Gasteiger charge is 2.20. The number of carbonyl (C=O) groups excluding carboxylic acids is 2. The maximum absolute atomic E-state index is 12.9. The number of hydrogen-bond acceptors (Lipinski definition) is 5. The van der Waals surface area contributed by atoms with Crippen LogP contribution in [0, 0.1) is 18.3 Å². The number of rotatable bonds is 7. The van der Waals surface area contributed by atoms with E-state index in [4.69, 9.17) is 5.73 Å². The molecule has 0 saturated heterocycles. The Morgan fingerprint density at radius 1 is 1.28 bits per heavy atom. The monoisotopic (exact) mass is 393 g/mol. The number of primary amides is 1. The van der Waals surface area contributed by atoms with Gasteiger partial charge in [-0.25, -0.2) is 4.98 Å². The fourth-order valence-corrected chi connectivity index (χ4v) is 3.39. The number of aryl methyl sites for hydroxylation is 3. The number of nitrogens with two attached hydrogens (primary N) is 1. The molecule has 9 nitrogen and oxygen atoms in total. The average molecular weight is 393 g/mol. The molecule has 2 heterocycles.